The zero-order valence-electron chi connectivity index (χ0n) is 20.0. The summed E-state index contributed by atoms with van der Waals surface area (Å²) in [6.45, 7) is 9.52. The molecule has 3 atom stereocenters. The third kappa shape index (κ3) is 4.77. The minimum Gasteiger partial charge on any atom is -0.450 e. The fourth-order valence-electron chi connectivity index (χ4n) is 6.19. The first-order valence-corrected chi connectivity index (χ1v) is 12.7. The van der Waals surface area contributed by atoms with Gasteiger partial charge in [0.2, 0.25) is 5.76 Å². The summed E-state index contributed by atoms with van der Waals surface area (Å²) in [5, 5.41) is 3.05. The van der Waals surface area contributed by atoms with E-state index in [-0.39, 0.29) is 29.1 Å². The molecule has 2 aliphatic carbocycles. The lowest BCUT2D eigenvalue weighted by Gasteiger charge is -2.55. The fourth-order valence-corrected chi connectivity index (χ4v) is 6.50. The van der Waals surface area contributed by atoms with E-state index in [0.29, 0.717) is 23.1 Å². The molecule has 0 bridgehead atoms. The number of fused-ring (bicyclic) bond motifs is 3. The largest absolute Gasteiger partial charge is 0.450 e. The highest BCUT2D eigenvalue weighted by molar-refractivity contribution is 9.10. The number of esters is 1. The van der Waals surface area contributed by atoms with Gasteiger partial charge < -0.3 is 14.5 Å². The molecule has 2 aromatic rings. The lowest BCUT2D eigenvalue weighted by atomic mass is 9.49. The molecule has 178 valence electrons. The van der Waals surface area contributed by atoms with Crippen LogP contribution in [0.15, 0.2) is 39.4 Å². The predicted octanol–water partition coefficient (Wildman–Crippen LogP) is 6.15. The minimum atomic E-state index is -0.642. The third-order valence-corrected chi connectivity index (χ3v) is 8.39. The molecule has 6 heteroatoms. The Labute approximate surface area is 204 Å². The number of nitrogens with one attached hydrogen (secondary N) is 1. The van der Waals surface area contributed by atoms with Gasteiger partial charge >= 0.3 is 5.97 Å². The van der Waals surface area contributed by atoms with Gasteiger partial charge in [-0.3, -0.25) is 4.79 Å². The Balaban J connectivity index is 1.41. The molecule has 1 amide bonds. The predicted molar refractivity (Wildman–Crippen MR) is 131 cm³/mol. The van der Waals surface area contributed by atoms with Gasteiger partial charge in [-0.15, -0.1) is 0 Å². The summed E-state index contributed by atoms with van der Waals surface area (Å²) in [5.41, 5.74) is 4.55. The van der Waals surface area contributed by atoms with Gasteiger partial charge in [0.05, 0.1) is 0 Å². The van der Waals surface area contributed by atoms with Crippen molar-refractivity contribution in [2.24, 2.45) is 11.3 Å². The summed E-state index contributed by atoms with van der Waals surface area (Å²) in [6, 6.07) is 10.2. The summed E-state index contributed by atoms with van der Waals surface area (Å²) in [5.74, 6) is 0.193. The van der Waals surface area contributed by atoms with Gasteiger partial charge in [-0.05, 0) is 93.1 Å². The van der Waals surface area contributed by atoms with Crippen LogP contribution in [0.3, 0.4) is 0 Å². The number of carbonyl (C=O) groups excluding carboxylic acids is 2. The summed E-state index contributed by atoms with van der Waals surface area (Å²) < 4.78 is 10.7. The first-order valence-electron chi connectivity index (χ1n) is 11.9. The van der Waals surface area contributed by atoms with Crippen LogP contribution in [0.1, 0.15) is 86.5 Å². The van der Waals surface area contributed by atoms with Gasteiger partial charge in [-0.25, -0.2) is 4.79 Å². The molecule has 2 aliphatic rings. The van der Waals surface area contributed by atoms with Crippen molar-refractivity contribution in [1.82, 2.24) is 5.32 Å². The van der Waals surface area contributed by atoms with Crippen molar-refractivity contribution >= 4 is 27.8 Å². The van der Waals surface area contributed by atoms with E-state index in [1.165, 1.54) is 29.2 Å². The second-order valence-corrected chi connectivity index (χ2v) is 11.3. The average Bonchev–Trinajstić information content (AvgIpc) is 3.22. The zero-order valence-corrected chi connectivity index (χ0v) is 21.6. The van der Waals surface area contributed by atoms with Crippen LogP contribution in [0.4, 0.5) is 0 Å². The van der Waals surface area contributed by atoms with Crippen molar-refractivity contribution in [3.05, 3.63) is 57.5 Å². The van der Waals surface area contributed by atoms with Gasteiger partial charge in [0, 0.05) is 6.54 Å². The average molecular weight is 516 g/mol. The van der Waals surface area contributed by atoms with Gasteiger partial charge in [-0.2, -0.15) is 0 Å². The number of hydrogen-bond donors (Lipinski definition) is 1. The second-order valence-electron chi connectivity index (χ2n) is 10.5. The molecule has 1 fully saturated rings. The number of hydrogen-bond acceptors (Lipinski definition) is 4. The SMILES string of the molecule is CC(C)c1ccc2c(c1)CCC1C(C)(CNC(=O)COC(=O)c3ccc(Br)o3)CCCC21C. The van der Waals surface area contributed by atoms with Crippen molar-refractivity contribution in [2.45, 2.75) is 71.1 Å². The smallest absolute Gasteiger partial charge is 0.374 e. The van der Waals surface area contributed by atoms with Gasteiger partial charge in [0.1, 0.15) is 0 Å². The van der Waals surface area contributed by atoms with Crippen molar-refractivity contribution in [1.29, 1.82) is 0 Å². The van der Waals surface area contributed by atoms with E-state index < -0.39 is 5.97 Å². The molecule has 1 aromatic carbocycles. The van der Waals surface area contributed by atoms with Crippen molar-refractivity contribution in [3.8, 4) is 0 Å². The number of carbonyl (C=O) groups is 2. The molecule has 0 aliphatic heterocycles. The Bertz CT molecular complexity index is 1040. The maximum Gasteiger partial charge on any atom is 0.374 e. The van der Waals surface area contributed by atoms with Crippen LogP contribution < -0.4 is 5.32 Å². The summed E-state index contributed by atoms with van der Waals surface area (Å²) in [6.07, 6.45) is 5.65. The number of rotatable bonds is 6. The lowest BCUT2D eigenvalue weighted by Crippen LogP contribution is -2.53. The van der Waals surface area contributed by atoms with E-state index in [9.17, 15) is 9.59 Å². The van der Waals surface area contributed by atoms with E-state index in [0.717, 1.165) is 25.7 Å². The third-order valence-electron chi connectivity index (χ3n) is 7.97. The highest BCUT2D eigenvalue weighted by Crippen LogP contribution is 2.57. The van der Waals surface area contributed by atoms with Crippen LogP contribution in [-0.2, 0) is 21.4 Å². The molecular formula is C27H34BrNO4. The van der Waals surface area contributed by atoms with Gasteiger partial charge in [0.15, 0.2) is 11.3 Å². The van der Waals surface area contributed by atoms with Gasteiger partial charge in [-0.1, -0.05) is 52.3 Å². The summed E-state index contributed by atoms with van der Waals surface area (Å²) in [4.78, 5) is 24.5. The number of halogens is 1. The maximum atomic E-state index is 12.5. The van der Waals surface area contributed by atoms with E-state index in [4.69, 9.17) is 9.15 Å². The van der Waals surface area contributed by atoms with Crippen LogP contribution in [0.5, 0.6) is 0 Å². The van der Waals surface area contributed by atoms with Crippen LogP contribution in [0.25, 0.3) is 0 Å². The molecule has 1 heterocycles. The second kappa shape index (κ2) is 9.28. The molecule has 1 N–H and O–H groups in total. The Morgan fingerprint density at radius 2 is 2.00 bits per heavy atom. The summed E-state index contributed by atoms with van der Waals surface area (Å²) >= 11 is 3.15. The standard InChI is InChI=1S/C27H34BrNO4/c1-17(2)18-6-8-20-19(14-18)7-10-22-26(3,12-5-13-27(20,22)4)16-29-24(30)15-32-25(31)21-9-11-23(28)33-21/h6,8-9,11,14,17,22H,5,7,10,12-13,15-16H2,1-4H3,(H,29,30). The molecule has 33 heavy (non-hydrogen) atoms. The monoisotopic (exact) mass is 515 g/mol. The highest BCUT2D eigenvalue weighted by atomic mass is 79.9. The number of furan rings is 1. The normalized spacial score (nSPS) is 26.4. The fraction of sp³-hybridized carbons (Fsp3) is 0.556. The molecule has 3 unspecified atom stereocenters. The Kier molecular flexibility index (Phi) is 6.77. The lowest BCUT2D eigenvalue weighted by molar-refractivity contribution is -0.125. The molecule has 1 aromatic heterocycles. The Morgan fingerprint density at radius 3 is 2.70 bits per heavy atom. The molecular weight excluding hydrogens is 482 g/mol. The molecule has 0 spiro atoms. The number of benzene rings is 1. The first-order chi connectivity index (χ1) is 15.6. The number of ether oxygens (including phenoxy) is 1. The molecule has 1 saturated carbocycles. The van der Waals surface area contributed by atoms with E-state index in [1.807, 2.05) is 0 Å². The molecule has 4 rings (SSSR count). The first kappa shape index (κ1) is 24.1. The number of amides is 1. The Morgan fingerprint density at radius 1 is 1.21 bits per heavy atom. The quantitative estimate of drug-likeness (QED) is 0.468. The van der Waals surface area contributed by atoms with E-state index >= 15 is 0 Å². The molecule has 5 nitrogen and oxygen atoms in total. The minimum absolute atomic E-state index is 0.00690. The highest BCUT2D eigenvalue weighted by Gasteiger charge is 2.51. The summed E-state index contributed by atoms with van der Waals surface area (Å²) in [7, 11) is 0. The van der Waals surface area contributed by atoms with E-state index in [1.54, 1.807) is 6.07 Å². The number of aryl methyl sites for hydroxylation is 1. The van der Waals surface area contributed by atoms with Gasteiger partial charge in [0.25, 0.3) is 5.91 Å². The van der Waals surface area contributed by atoms with Crippen LogP contribution in [0.2, 0.25) is 0 Å². The van der Waals surface area contributed by atoms with Crippen LogP contribution in [-0.4, -0.2) is 25.0 Å². The van der Waals surface area contributed by atoms with Crippen molar-refractivity contribution in [2.75, 3.05) is 13.2 Å². The zero-order chi connectivity index (χ0) is 23.8. The van der Waals surface area contributed by atoms with Crippen LogP contribution in [0, 0.1) is 11.3 Å². The van der Waals surface area contributed by atoms with Crippen molar-refractivity contribution in [3.63, 3.8) is 0 Å². The molecule has 0 saturated heterocycles. The van der Waals surface area contributed by atoms with Crippen molar-refractivity contribution < 1.29 is 18.7 Å². The van der Waals surface area contributed by atoms with E-state index in [2.05, 4.69) is 67.1 Å². The maximum absolute atomic E-state index is 12.5. The molecule has 0 radical (unpaired) electrons. The topological polar surface area (TPSA) is 68.5 Å². The van der Waals surface area contributed by atoms with Crippen LogP contribution >= 0.6 is 15.9 Å². The Hall–Kier alpha value is -2.08.